The Kier molecular flexibility index (Phi) is 4.49. The molecule has 0 aliphatic rings. The fraction of sp³-hybridized carbons (Fsp3) is 0.0455. The van der Waals surface area contributed by atoms with Crippen LogP contribution in [-0.4, -0.2) is 21.7 Å². The minimum absolute atomic E-state index is 0.158. The number of rotatable bonds is 5. The summed E-state index contributed by atoms with van der Waals surface area (Å²) in [7, 11) is 0. The van der Waals surface area contributed by atoms with Gasteiger partial charge in [0.2, 0.25) is 5.78 Å². The number of nitrogens with one attached hydrogen (secondary N) is 1. The lowest BCUT2D eigenvalue weighted by atomic mass is 9.99. The number of H-pyrrole nitrogens is 1. The van der Waals surface area contributed by atoms with Crippen molar-refractivity contribution >= 4 is 22.7 Å². The van der Waals surface area contributed by atoms with E-state index >= 15 is 0 Å². The van der Waals surface area contributed by atoms with Gasteiger partial charge in [0.05, 0.1) is 0 Å². The van der Waals surface area contributed by atoms with Crippen LogP contribution in [0.5, 0.6) is 0 Å². The number of carbonyl (C=O) groups is 2. The van der Waals surface area contributed by atoms with Crippen molar-refractivity contribution in [1.82, 2.24) is 9.97 Å². The van der Waals surface area contributed by atoms with Crippen molar-refractivity contribution in [2.75, 3.05) is 0 Å². The Labute approximate surface area is 155 Å². The zero-order chi connectivity index (χ0) is 18.6. The highest BCUT2D eigenvalue weighted by atomic mass is 16.5. The van der Waals surface area contributed by atoms with Crippen molar-refractivity contribution < 1.29 is 14.3 Å². The van der Waals surface area contributed by atoms with Gasteiger partial charge in [-0.05, 0) is 18.2 Å². The number of hydrogen-bond acceptors (Lipinski definition) is 4. The van der Waals surface area contributed by atoms with Gasteiger partial charge >= 0.3 is 5.97 Å². The lowest BCUT2D eigenvalue weighted by Gasteiger charge is -2.17. The van der Waals surface area contributed by atoms with Crippen LogP contribution in [0.2, 0.25) is 0 Å². The highest BCUT2D eigenvalue weighted by molar-refractivity contribution is 6.10. The van der Waals surface area contributed by atoms with Gasteiger partial charge in [-0.25, -0.2) is 9.78 Å². The number of hydrogen-bond donors (Lipinski definition) is 1. The monoisotopic (exact) mass is 356 g/mol. The zero-order valence-corrected chi connectivity index (χ0v) is 14.3. The Bertz CT molecular complexity index is 1090. The molecule has 0 saturated carbocycles. The van der Waals surface area contributed by atoms with Crippen LogP contribution in [0.15, 0.2) is 85.2 Å². The van der Waals surface area contributed by atoms with E-state index in [1.165, 1.54) is 6.20 Å². The van der Waals surface area contributed by atoms with Gasteiger partial charge in [-0.15, -0.1) is 0 Å². The van der Waals surface area contributed by atoms with Crippen molar-refractivity contribution in [3.8, 4) is 0 Å². The van der Waals surface area contributed by atoms with Crippen molar-refractivity contribution in [2.24, 2.45) is 0 Å². The minimum Gasteiger partial charge on any atom is -0.444 e. The minimum atomic E-state index is -1.06. The maximum Gasteiger partial charge on any atom is 0.357 e. The summed E-state index contributed by atoms with van der Waals surface area (Å²) in [6, 6.07) is 21.5. The van der Waals surface area contributed by atoms with Crippen LogP contribution in [0, 0.1) is 0 Å². The van der Waals surface area contributed by atoms with Gasteiger partial charge in [-0.1, -0.05) is 54.6 Å². The number of benzene rings is 2. The first-order valence-electron chi connectivity index (χ1n) is 8.51. The van der Waals surface area contributed by atoms with E-state index in [0.29, 0.717) is 11.1 Å². The molecular formula is C22H16N2O3. The van der Waals surface area contributed by atoms with E-state index in [2.05, 4.69) is 9.97 Å². The van der Waals surface area contributed by atoms with Crippen molar-refractivity contribution in [3.63, 3.8) is 0 Å². The third-order valence-electron chi connectivity index (χ3n) is 4.29. The Balaban J connectivity index is 1.72. The first-order chi connectivity index (χ1) is 13.2. The molecule has 0 spiro atoms. The Morgan fingerprint density at radius 2 is 1.63 bits per heavy atom. The standard InChI is InChI=1S/C22H16N2O3/c25-20(17-14-24-18-11-5-4-10-16(17)18)21(15-8-2-1-3-9-15)27-22(26)19-12-6-7-13-23-19/h1-14,21,24H/t21-/m0/s1. The largest absolute Gasteiger partial charge is 0.444 e. The number of ether oxygens (including phenoxy) is 1. The molecule has 132 valence electrons. The third kappa shape index (κ3) is 3.35. The highest BCUT2D eigenvalue weighted by Gasteiger charge is 2.28. The second-order valence-corrected chi connectivity index (χ2v) is 6.02. The molecule has 5 nitrogen and oxygen atoms in total. The summed E-state index contributed by atoms with van der Waals surface area (Å²) >= 11 is 0. The normalized spacial score (nSPS) is 11.9. The maximum absolute atomic E-state index is 13.3. The number of nitrogens with zero attached hydrogens (tertiary/aromatic N) is 1. The first kappa shape index (κ1) is 16.7. The SMILES string of the molecule is O=C(O[C@H](C(=O)c1c[nH]c2ccccc12)c1ccccc1)c1ccccn1. The summed E-state index contributed by atoms with van der Waals surface area (Å²) in [5, 5.41) is 0.789. The molecule has 4 aromatic rings. The van der Waals surface area contributed by atoms with E-state index in [1.54, 1.807) is 48.7 Å². The molecule has 0 bridgehead atoms. The summed E-state index contributed by atoms with van der Waals surface area (Å²) in [6.45, 7) is 0. The average molecular weight is 356 g/mol. The highest BCUT2D eigenvalue weighted by Crippen LogP contribution is 2.27. The van der Waals surface area contributed by atoms with E-state index < -0.39 is 12.1 Å². The van der Waals surface area contributed by atoms with Crippen LogP contribution >= 0.6 is 0 Å². The van der Waals surface area contributed by atoms with E-state index in [9.17, 15) is 9.59 Å². The second-order valence-electron chi connectivity index (χ2n) is 6.02. The number of aromatic amines is 1. The molecule has 1 N–H and O–H groups in total. The molecule has 0 unspecified atom stereocenters. The third-order valence-corrected chi connectivity index (χ3v) is 4.29. The molecule has 5 heteroatoms. The molecule has 0 saturated heterocycles. The fourth-order valence-corrected chi connectivity index (χ4v) is 2.97. The van der Waals surface area contributed by atoms with Gasteiger partial charge in [-0.2, -0.15) is 0 Å². The first-order valence-corrected chi connectivity index (χ1v) is 8.51. The quantitative estimate of drug-likeness (QED) is 0.426. The number of aromatic nitrogens is 2. The number of carbonyl (C=O) groups excluding carboxylic acids is 2. The van der Waals surface area contributed by atoms with Crippen molar-refractivity contribution in [1.29, 1.82) is 0 Å². The second kappa shape index (κ2) is 7.25. The van der Waals surface area contributed by atoms with E-state index in [0.717, 1.165) is 10.9 Å². The molecule has 0 amide bonds. The summed E-state index contributed by atoms with van der Waals surface area (Å²) in [5.74, 6) is -0.930. The van der Waals surface area contributed by atoms with Gasteiger partial charge in [0.25, 0.3) is 0 Å². The number of esters is 1. The molecule has 4 rings (SSSR count). The van der Waals surface area contributed by atoms with Gasteiger partial charge in [-0.3, -0.25) is 4.79 Å². The zero-order valence-electron chi connectivity index (χ0n) is 14.3. The topological polar surface area (TPSA) is 72.1 Å². The Morgan fingerprint density at radius 1 is 0.889 bits per heavy atom. The molecule has 0 aliphatic heterocycles. The van der Waals surface area contributed by atoms with Crippen LogP contribution < -0.4 is 0 Å². The van der Waals surface area contributed by atoms with E-state index in [1.807, 2.05) is 30.3 Å². The van der Waals surface area contributed by atoms with Crippen LogP contribution in [0.4, 0.5) is 0 Å². The molecule has 2 aromatic heterocycles. The Morgan fingerprint density at radius 3 is 2.41 bits per heavy atom. The van der Waals surface area contributed by atoms with Crippen molar-refractivity contribution in [2.45, 2.75) is 6.10 Å². The summed E-state index contributed by atoms with van der Waals surface area (Å²) in [6.07, 6.45) is 2.10. The lowest BCUT2D eigenvalue weighted by molar-refractivity contribution is 0.0275. The van der Waals surface area contributed by atoms with Gasteiger partial charge in [0.1, 0.15) is 5.69 Å². The predicted molar refractivity (Wildman–Crippen MR) is 101 cm³/mol. The smallest absolute Gasteiger partial charge is 0.357 e. The number of ketones is 1. The van der Waals surface area contributed by atoms with Gasteiger partial charge < -0.3 is 9.72 Å². The summed E-state index contributed by atoms with van der Waals surface area (Å²) in [5.41, 5.74) is 2.10. The van der Waals surface area contributed by atoms with Gasteiger partial charge in [0.15, 0.2) is 6.10 Å². The molecule has 0 radical (unpaired) electrons. The number of pyridine rings is 1. The Hall–Kier alpha value is -3.73. The maximum atomic E-state index is 13.3. The molecule has 0 fully saturated rings. The number of Topliss-reactive ketones (excluding diaryl/α,β-unsaturated/α-hetero) is 1. The summed E-state index contributed by atoms with van der Waals surface area (Å²) < 4.78 is 5.59. The molecule has 2 aromatic carbocycles. The molecule has 1 atom stereocenters. The molecule has 0 aliphatic carbocycles. The van der Waals surface area contributed by atoms with E-state index in [4.69, 9.17) is 4.74 Å². The van der Waals surface area contributed by atoms with Crippen LogP contribution in [0.25, 0.3) is 10.9 Å². The van der Waals surface area contributed by atoms with Crippen molar-refractivity contribution in [3.05, 3.63) is 102 Å². The van der Waals surface area contributed by atoms with E-state index in [-0.39, 0.29) is 11.5 Å². The van der Waals surface area contributed by atoms with Crippen LogP contribution in [0.1, 0.15) is 32.5 Å². The fourth-order valence-electron chi connectivity index (χ4n) is 2.97. The average Bonchev–Trinajstić information content (AvgIpc) is 3.17. The lowest BCUT2D eigenvalue weighted by Crippen LogP contribution is -2.20. The van der Waals surface area contributed by atoms with Crippen LogP contribution in [-0.2, 0) is 4.74 Å². The molecule has 2 heterocycles. The summed E-state index contributed by atoms with van der Waals surface area (Å²) in [4.78, 5) is 32.9. The van der Waals surface area contributed by atoms with Crippen LogP contribution in [0.3, 0.4) is 0 Å². The number of fused-ring (bicyclic) bond motifs is 1. The molecular weight excluding hydrogens is 340 g/mol. The predicted octanol–water partition coefficient (Wildman–Crippen LogP) is 4.34. The van der Waals surface area contributed by atoms with Gasteiger partial charge in [0, 0.05) is 34.4 Å². The number of para-hydroxylation sites is 1. The molecule has 27 heavy (non-hydrogen) atoms.